The average molecular weight is 1290 g/mol. The van der Waals surface area contributed by atoms with Crippen LogP contribution in [0.3, 0.4) is 0 Å². The smallest absolute Gasteiger partial charge is 0.0717 e. The van der Waals surface area contributed by atoms with Gasteiger partial charge >= 0.3 is 0 Å². The van der Waals surface area contributed by atoms with E-state index in [9.17, 15) is 0 Å². The SMILES string of the molecule is CCC(C)SC1=C(SC(C)CC)SC(=C2SC=C(C#Cc3cc(C#CC4=CSC(=C5SC(SC(C)CC)=C(SC(C)CC)S5)S4)cc(C#CC4=CSC(=C5SC(SC(C)CC)=C(SC(C)CC)S5)S4)c3)S2)S1. The Morgan fingerprint density at radius 3 is 0.708 bits per heavy atom. The molecule has 72 heavy (non-hydrogen) atoms. The molecule has 6 aliphatic rings. The second-order valence-electron chi connectivity index (χ2n) is 16.7. The maximum atomic E-state index is 3.56. The lowest BCUT2D eigenvalue weighted by molar-refractivity contribution is 0.909. The molecule has 384 valence electrons. The van der Waals surface area contributed by atoms with Crippen LogP contribution in [-0.4, -0.2) is 31.5 Å². The number of hydrogen-bond donors (Lipinski definition) is 0. The minimum absolute atomic E-state index is 0.603. The minimum atomic E-state index is 0.603. The summed E-state index contributed by atoms with van der Waals surface area (Å²) in [5.41, 5.74) is 2.81. The van der Waals surface area contributed by atoms with Crippen LogP contribution in [0.2, 0.25) is 0 Å². The standard InChI is InChI=1S/C54H60S18/c1-13-31(7)58-49-50(59-32(8)14-2)68-46(67-49)43-55-28-40(64-43)22-19-37-25-38(20-23-41-29-56-44(65-41)47-69-51(60-33(9)15-3)52(70-47)61-34(10)16-4)27-39(26-37)21-24-42-30-57-45(66-42)48-71-53(62-35(11)17-5)54(72-48)63-36(12)18-6/h25-36H,13-18H2,1-12H3. The fourth-order valence-electron chi connectivity index (χ4n) is 5.54. The van der Waals surface area contributed by atoms with Gasteiger partial charge in [0, 0.05) is 48.2 Å². The van der Waals surface area contributed by atoms with Crippen LogP contribution in [0.25, 0.3) is 0 Å². The molecule has 6 aliphatic heterocycles. The Labute approximate surface area is 510 Å². The Bertz CT molecular complexity index is 2320. The Morgan fingerprint density at radius 1 is 0.306 bits per heavy atom. The second-order valence-corrected chi connectivity index (χ2v) is 40.4. The molecular weight excluding hydrogens is 1230 g/mol. The summed E-state index contributed by atoms with van der Waals surface area (Å²) in [6, 6.07) is 6.43. The highest BCUT2D eigenvalue weighted by Gasteiger charge is 2.32. The molecule has 0 bridgehead atoms. The molecular formula is C54H60S18. The van der Waals surface area contributed by atoms with Crippen molar-refractivity contribution in [3.8, 4) is 35.5 Å². The van der Waals surface area contributed by atoms with Crippen molar-refractivity contribution in [2.24, 2.45) is 0 Å². The van der Waals surface area contributed by atoms with Crippen molar-refractivity contribution in [3.63, 3.8) is 0 Å². The van der Waals surface area contributed by atoms with E-state index < -0.39 is 0 Å². The first-order valence-electron chi connectivity index (χ1n) is 24.1. The molecule has 6 heterocycles. The van der Waals surface area contributed by atoms with Crippen LogP contribution in [0, 0.1) is 35.5 Å². The topological polar surface area (TPSA) is 0 Å². The predicted octanol–water partition coefficient (Wildman–Crippen LogP) is 24.1. The van der Waals surface area contributed by atoms with Crippen molar-refractivity contribution in [2.75, 3.05) is 0 Å². The van der Waals surface area contributed by atoms with E-state index >= 15 is 0 Å². The van der Waals surface area contributed by atoms with Crippen LogP contribution in [0.15, 0.2) is 100.0 Å². The Kier molecular flexibility index (Phi) is 26.6. The second kappa shape index (κ2) is 31.2. The Morgan fingerprint density at radius 2 is 0.514 bits per heavy atom. The normalized spacial score (nSPS) is 20.6. The van der Waals surface area contributed by atoms with Gasteiger partial charge in [-0.15, -0.1) is 70.6 Å². The lowest BCUT2D eigenvalue weighted by Crippen LogP contribution is -1.94. The zero-order chi connectivity index (χ0) is 51.3. The number of thioether (sulfide) groups is 18. The van der Waals surface area contributed by atoms with Crippen molar-refractivity contribution in [3.05, 3.63) is 117 Å². The third-order valence-corrected chi connectivity index (χ3v) is 37.1. The molecule has 0 N–H and O–H groups in total. The van der Waals surface area contributed by atoms with Gasteiger partial charge in [-0.1, -0.05) is 260 Å². The van der Waals surface area contributed by atoms with E-state index in [0.29, 0.717) is 31.5 Å². The van der Waals surface area contributed by atoms with Crippen LogP contribution in [0.1, 0.15) is 138 Å². The van der Waals surface area contributed by atoms with E-state index in [1.165, 1.54) is 89.4 Å². The molecule has 0 saturated carbocycles. The zero-order valence-electron chi connectivity index (χ0n) is 42.5. The van der Waals surface area contributed by atoms with Gasteiger partial charge in [-0.05, 0) is 72.9 Å². The van der Waals surface area contributed by atoms with Crippen molar-refractivity contribution in [2.45, 2.75) is 153 Å². The number of hydrogen-bond acceptors (Lipinski definition) is 18. The number of rotatable bonds is 18. The third-order valence-electron chi connectivity index (χ3n) is 10.8. The van der Waals surface area contributed by atoms with E-state index in [1.54, 1.807) is 0 Å². The molecule has 18 heteroatoms. The minimum Gasteiger partial charge on any atom is -0.114 e. The number of benzene rings is 1. The molecule has 0 aromatic heterocycles. The average Bonchev–Trinajstić information content (AvgIpc) is 4.26. The molecule has 0 aliphatic carbocycles. The summed E-state index contributed by atoms with van der Waals surface area (Å²) in [5.74, 6) is 21.4. The molecule has 1 aromatic carbocycles. The van der Waals surface area contributed by atoms with Gasteiger partial charge in [0.25, 0.3) is 0 Å². The molecule has 0 nitrogen and oxygen atoms in total. The molecule has 6 atom stereocenters. The highest BCUT2D eigenvalue weighted by atomic mass is 32.3. The van der Waals surface area contributed by atoms with Crippen LogP contribution in [-0.2, 0) is 0 Å². The summed E-state index contributed by atoms with van der Waals surface area (Å²) in [7, 11) is 0. The van der Waals surface area contributed by atoms with E-state index in [1.807, 2.05) is 212 Å². The molecule has 0 radical (unpaired) electrons. The van der Waals surface area contributed by atoms with Gasteiger partial charge in [-0.25, -0.2) is 0 Å². The maximum absolute atomic E-state index is 3.56. The fraction of sp³-hybridized carbons (Fsp3) is 0.444. The summed E-state index contributed by atoms with van der Waals surface area (Å²) >= 11 is 34.9. The molecule has 0 fully saturated rings. The van der Waals surface area contributed by atoms with E-state index in [4.69, 9.17) is 0 Å². The van der Waals surface area contributed by atoms with E-state index in [-0.39, 0.29) is 0 Å². The van der Waals surface area contributed by atoms with E-state index in [2.05, 4.69) is 153 Å². The van der Waals surface area contributed by atoms with Crippen molar-refractivity contribution in [1.82, 2.24) is 0 Å². The third kappa shape index (κ3) is 18.4. The summed E-state index contributed by atoms with van der Waals surface area (Å²) in [4.78, 5) is 3.26. The number of allylic oxidation sites excluding steroid dienone is 3. The monoisotopic (exact) mass is 1280 g/mol. The summed E-state index contributed by atoms with van der Waals surface area (Å²) < 4.78 is 17.0. The molecule has 7 rings (SSSR count). The summed E-state index contributed by atoms with van der Waals surface area (Å²) in [6.07, 6.45) is 7.02. The van der Waals surface area contributed by atoms with Crippen molar-refractivity contribution < 1.29 is 0 Å². The maximum Gasteiger partial charge on any atom is 0.0717 e. The molecule has 1 aromatic rings. The molecule has 0 saturated heterocycles. The fourth-order valence-corrected chi connectivity index (χ4v) is 31.3. The van der Waals surface area contributed by atoms with Gasteiger partial charge in [0.2, 0.25) is 0 Å². The lowest BCUT2D eigenvalue weighted by atomic mass is 10.1. The first-order chi connectivity index (χ1) is 34.8. The van der Waals surface area contributed by atoms with Gasteiger partial charge in [-0.2, -0.15) is 0 Å². The van der Waals surface area contributed by atoms with Crippen molar-refractivity contribution in [1.29, 1.82) is 0 Å². The Balaban J connectivity index is 1.10. The quantitative estimate of drug-likeness (QED) is 0.128. The first-order valence-corrected chi connectivity index (χ1v) is 39.4. The highest BCUT2D eigenvalue weighted by molar-refractivity contribution is 8.44. The van der Waals surface area contributed by atoms with Gasteiger partial charge in [-0.3, -0.25) is 0 Å². The van der Waals surface area contributed by atoms with Crippen LogP contribution < -0.4 is 0 Å². The summed E-state index contributed by atoms with van der Waals surface area (Å²) in [6.45, 7) is 27.8. The Hall–Kier alpha value is 1.86. The molecule has 6 unspecified atom stereocenters. The zero-order valence-corrected chi connectivity index (χ0v) is 57.2. The molecule has 0 amide bonds. The van der Waals surface area contributed by atoms with Gasteiger partial charge in [0.15, 0.2) is 0 Å². The van der Waals surface area contributed by atoms with Crippen LogP contribution in [0.5, 0.6) is 0 Å². The van der Waals surface area contributed by atoms with Crippen LogP contribution >= 0.6 is 212 Å². The van der Waals surface area contributed by atoms with Gasteiger partial charge < -0.3 is 0 Å². The highest BCUT2D eigenvalue weighted by Crippen LogP contribution is 2.66. The van der Waals surface area contributed by atoms with Crippen LogP contribution in [0.4, 0.5) is 0 Å². The lowest BCUT2D eigenvalue weighted by Gasteiger charge is -2.12. The largest absolute Gasteiger partial charge is 0.114 e. The summed E-state index contributed by atoms with van der Waals surface area (Å²) in [5, 5.41) is 10.3. The van der Waals surface area contributed by atoms with Gasteiger partial charge in [0.1, 0.15) is 0 Å². The molecule has 0 spiro atoms. The van der Waals surface area contributed by atoms with Crippen molar-refractivity contribution >= 4 is 212 Å². The van der Waals surface area contributed by atoms with E-state index in [0.717, 1.165) is 31.4 Å². The predicted molar refractivity (Wildman–Crippen MR) is 369 cm³/mol. The first kappa shape index (κ1) is 61.5. The van der Waals surface area contributed by atoms with Gasteiger partial charge in [0.05, 0.1) is 65.6 Å².